The van der Waals surface area contributed by atoms with E-state index in [1.54, 1.807) is 14.2 Å². The lowest BCUT2D eigenvalue weighted by molar-refractivity contribution is -0.00461. The predicted octanol–water partition coefficient (Wildman–Crippen LogP) is 0.224. The number of ether oxygens (including phenoxy) is 2. The maximum absolute atomic E-state index is 9.22. The molecule has 0 saturated carbocycles. The van der Waals surface area contributed by atoms with Crippen molar-refractivity contribution >= 4 is 0 Å². The third-order valence-electron chi connectivity index (χ3n) is 3.25. The fraction of sp³-hybridized carbons (Fsp3) is 0.917. The Bertz CT molecular complexity index is 267. The minimum absolute atomic E-state index is 0.101. The van der Waals surface area contributed by atoms with Crippen molar-refractivity contribution in [3.05, 3.63) is 0 Å². The summed E-state index contributed by atoms with van der Waals surface area (Å²) in [6, 6.07) is 2.34. The number of hydrogen-bond acceptors (Lipinski definition) is 5. The molecule has 1 aliphatic heterocycles. The molecule has 1 rings (SSSR count). The Labute approximate surface area is 104 Å². The fourth-order valence-electron chi connectivity index (χ4n) is 2.37. The lowest BCUT2D eigenvalue weighted by Crippen LogP contribution is -2.50. The molecule has 0 bridgehead atoms. The first-order valence-corrected chi connectivity index (χ1v) is 6.02. The molecule has 17 heavy (non-hydrogen) atoms. The summed E-state index contributed by atoms with van der Waals surface area (Å²) in [6.07, 6.45) is 0.203. The average Bonchev–Trinajstić information content (AvgIpc) is 2.71. The minimum atomic E-state index is -0.504. The van der Waals surface area contributed by atoms with Crippen LogP contribution >= 0.6 is 0 Å². The second kappa shape index (κ2) is 6.31. The quantitative estimate of drug-likeness (QED) is 0.721. The van der Waals surface area contributed by atoms with Gasteiger partial charge in [-0.15, -0.1) is 0 Å². The summed E-state index contributed by atoms with van der Waals surface area (Å²) in [5.41, 5.74) is -0.504. The van der Waals surface area contributed by atoms with Crippen molar-refractivity contribution in [1.29, 1.82) is 5.26 Å². The van der Waals surface area contributed by atoms with Crippen molar-refractivity contribution in [2.24, 2.45) is 0 Å². The number of nitrogens with one attached hydrogen (secondary N) is 1. The first-order valence-electron chi connectivity index (χ1n) is 6.02. The molecule has 0 radical (unpaired) electrons. The van der Waals surface area contributed by atoms with Crippen LogP contribution in [0.25, 0.3) is 0 Å². The summed E-state index contributed by atoms with van der Waals surface area (Å²) in [5.74, 6) is 0. The summed E-state index contributed by atoms with van der Waals surface area (Å²) < 4.78 is 10.8. The van der Waals surface area contributed by atoms with Crippen LogP contribution in [0.3, 0.4) is 0 Å². The van der Waals surface area contributed by atoms with E-state index in [1.165, 1.54) is 0 Å². The lowest BCUT2D eigenvalue weighted by atomic mass is 10.0. The molecule has 0 aromatic carbocycles. The van der Waals surface area contributed by atoms with E-state index in [4.69, 9.17) is 9.47 Å². The molecule has 98 valence electrons. The molecule has 0 aromatic rings. The molecule has 3 unspecified atom stereocenters. The minimum Gasteiger partial charge on any atom is -0.377 e. The first kappa shape index (κ1) is 14.4. The van der Waals surface area contributed by atoms with Gasteiger partial charge in [-0.2, -0.15) is 5.26 Å². The third-order valence-corrected chi connectivity index (χ3v) is 3.25. The highest BCUT2D eigenvalue weighted by Gasteiger charge is 2.36. The lowest BCUT2D eigenvalue weighted by Gasteiger charge is -2.28. The SMILES string of the molecule is CCNC(C)(C#N)CN1CC(OC)C(OC)C1. The molecule has 1 aliphatic rings. The Kier molecular flexibility index (Phi) is 5.34. The Balaban J connectivity index is 2.56. The van der Waals surface area contributed by atoms with Crippen LogP contribution in [0.2, 0.25) is 0 Å². The first-order chi connectivity index (χ1) is 8.08. The van der Waals surface area contributed by atoms with E-state index >= 15 is 0 Å². The van der Waals surface area contributed by atoms with Crippen molar-refractivity contribution in [2.45, 2.75) is 31.6 Å². The van der Waals surface area contributed by atoms with Gasteiger partial charge in [-0.1, -0.05) is 6.92 Å². The monoisotopic (exact) mass is 241 g/mol. The Morgan fingerprint density at radius 3 is 2.24 bits per heavy atom. The second-order valence-electron chi connectivity index (χ2n) is 4.72. The van der Waals surface area contributed by atoms with E-state index in [0.29, 0.717) is 6.54 Å². The average molecular weight is 241 g/mol. The normalized spacial score (nSPS) is 28.9. The van der Waals surface area contributed by atoms with Gasteiger partial charge in [-0.05, 0) is 13.5 Å². The predicted molar refractivity (Wildman–Crippen MR) is 65.7 cm³/mol. The van der Waals surface area contributed by atoms with Gasteiger partial charge < -0.3 is 9.47 Å². The van der Waals surface area contributed by atoms with Gasteiger partial charge in [-0.3, -0.25) is 10.2 Å². The van der Waals surface area contributed by atoms with Gasteiger partial charge in [0.2, 0.25) is 0 Å². The standard InChI is InChI=1S/C12H23N3O2/c1-5-14-12(2,8-13)9-15-6-10(16-3)11(7-15)17-4/h10-11,14H,5-7,9H2,1-4H3. The third kappa shape index (κ3) is 3.65. The van der Waals surface area contributed by atoms with Crippen molar-refractivity contribution in [3.8, 4) is 6.07 Å². The summed E-state index contributed by atoms with van der Waals surface area (Å²) in [5, 5.41) is 12.4. The zero-order chi connectivity index (χ0) is 12.9. The molecule has 0 spiro atoms. The molecule has 5 nitrogen and oxygen atoms in total. The summed E-state index contributed by atoms with van der Waals surface area (Å²) in [4.78, 5) is 2.22. The van der Waals surface area contributed by atoms with Crippen molar-refractivity contribution < 1.29 is 9.47 Å². The molecular weight excluding hydrogens is 218 g/mol. The summed E-state index contributed by atoms with van der Waals surface area (Å²) >= 11 is 0. The maximum Gasteiger partial charge on any atom is 0.116 e. The summed E-state index contributed by atoms with van der Waals surface area (Å²) in [6.45, 7) is 7.06. The molecule has 0 amide bonds. The zero-order valence-electron chi connectivity index (χ0n) is 11.2. The molecule has 5 heteroatoms. The number of rotatable bonds is 6. The maximum atomic E-state index is 9.22. The largest absolute Gasteiger partial charge is 0.377 e. The van der Waals surface area contributed by atoms with Crippen LogP contribution in [-0.4, -0.2) is 63.0 Å². The highest BCUT2D eigenvalue weighted by atomic mass is 16.5. The van der Waals surface area contributed by atoms with E-state index in [-0.39, 0.29) is 12.2 Å². The fourth-order valence-corrected chi connectivity index (χ4v) is 2.37. The van der Waals surface area contributed by atoms with Crippen LogP contribution in [-0.2, 0) is 9.47 Å². The van der Waals surface area contributed by atoms with E-state index in [9.17, 15) is 5.26 Å². The van der Waals surface area contributed by atoms with Crippen molar-refractivity contribution in [3.63, 3.8) is 0 Å². The number of methoxy groups -OCH3 is 2. The molecule has 1 fully saturated rings. The molecule has 0 aliphatic carbocycles. The van der Waals surface area contributed by atoms with Crippen LogP contribution < -0.4 is 5.32 Å². The number of likely N-dealkylation sites (tertiary alicyclic amines) is 1. The Morgan fingerprint density at radius 1 is 1.35 bits per heavy atom. The summed E-state index contributed by atoms with van der Waals surface area (Å²) in [7, 11) is 3.40. The number of hydrogen-bond donors (Lipinski definition) is 1. The molecular formula is C12H23N3O2. The molecule has 1 N–H and O–H groups in total. The van der Waals surface area contributed by atoms with Gasteiger partial charge in [0, 0.05) is 33.9 Å². The molecule has 3 atom stereocenters. The zero-order valence-corrected chi connectivity index (χ0v) is 11.2. The Morgan fingerprint density at radius 2 is 1.88 bits per heavy atom. The number of nitrogens with zero attached hydrogens (tertiary/aromatic N) is 2. The van der Waals surface area contributed by atoms with E-state index in [0.717, 1.165) is 19.6 Å². The van der Waals surface area contributed by atoms with Gasteiger partial charge in [0.05, 0.1) is 18.3 Å². The van der Waals surface area contributed by atoms with E-state index in [2.05, 4.69) is 16.3 Å². The smallest absolute Gasteiger partial charge is 0.116 e. The highest BCUT2D eigenvalue weighted by Crippen LogP contribution is 2.18. The van der Waals surface area contributed by atoms with Crippen molar-refractivity contribution in [2.75, 3.05) is 40.4 Å². The van der Waals surface area contributed by atoms with E-state index < -0.39 is 5.54 Å². The van der Waals surface area contributed by atoms with Gasteiger partial charge in [-0.25, -0.2) is 0 Å². The Hall–Kier alpha value is -0.670. The second-order valence-corrected chi connectivity index (χ2v) is 4.72. The van der Waals surface area contributed by atoms with Crippen LogP contribution in [0.15, 0.2) is 0 Å². The van der Waals surface area contributed by atoms with Crippen LogP contribution in [0, 0.1) is 11.3 Å². The molecule has 1 heterocycles. The number of likely N-dealkylation sites (N-methyl/N-ethyl adjacent to an activating group) is 1. The molecule has 1 saturated heterocycles. The van der Waals surface area contributed by atoms with Crippen LogP contribution in [0.5, 0.6) is 0 Å². The van der Waals surface area contributed by atoms with Crippen LogP contribution in [0.1, 0.15) is 13.8 Å². The van der Waals surface area contributed by atoms with E-state index in [1.807, 2.05) is 13.8 Å². The van der Waals surface area contributed by atoms with Crippen molar-refractivity contribution in [1.82, 2.24) is 10.2 Å². The van der Waals surface area contributed by atoms with Gasteiger partial charge in [0.15, 0.2) is 0 Å². The van der Waals surface area contributed by atoms with Crippen LogP contribution in [0.4, 0.5) is 0 Å². The molecule has 0 aromatic heterocycles. The van der Waals surface area contributed by atoms with Gasteiger partial charge in [0.1, 0.15) is 5.54 Å². The van der Waals surface area contributed by atoms with Gasteiger partial charge >= 0.3 is 0 Å². The highest BCUT2D eigenvalue weighted by molar-refractivity contribution is 5.06. The number of nitriles is 1. The topological polar surface area (TPSA) is 57.5 Å². The van der Waals surface area contributed by atoms with Gasteiger partial charge in [0.25, 0.3) is 0 Å².